The van der Waals surface area contributed by atoms with Crippen LogP contribution in [0.4, 0.5) is 0 Å². The molecule has 6 heteroatoms. The quantitative estimate of drug-likeness (QED) is 0.728. The Morgan fingerprint density at radius 3 is 2.64 bits per heavy atom. The summed E-state index contributed by atoms with van der Waals surface area (Å²) in [5, 5.41) is 6.08. The molecule has 4 rings (SSSR count). The summed E-state index contributed by atoms with van der Waals surface area (Å²) in [4.78, 5) is 29.7. The van der Waals surface area contributed by atoms with E-state index in [4.69, 9.17) is 0 Å². The minimum atomic E-state index is -0.187. The lowest BCUT2D eigenvalue weighted by Crippen LogP contribution is -2.52. The number of piperazine rings is 1. The smallest absolute Gasteiger partial charge is 0.270 e. The SMILES string of the molecule is O=C(c1cccnc1)c1cc(=O)n(N2CCNCC2)c2ccccc12. The molecule has 1 aliphatic heterocycles. The van der Waals surface area contributed by atoms with Crippen molar-refractivity contribution in [1.29, 1.82) is 0 Å². The predicted molar refractivity (Wildman–Crippen MR) is 96.7 cm³/mol. The van der Waals surface area contributed by atoms with E-state index in [1.807, 2.05) is 29.3 Å². The average Bonchev–Trinajstić information content (AvgIpc) is 2.68. The van der Waals surface area contributed by atoms with Crippen LogP contribution in [0, 0.1) is 0 Å². The fourth-order valence-electron chi connectivity index (χ4n) is 3.25. The van der Waals surface area contributed by atoms with E-state index >= 15 is 0 Å². The molecule has 0 unspecified atom stereocenters. The number of fused-ring (bicyclic) bond motifs is 1. The van der Waals surface area contributed by atoms with Gasteiger partial charge in [-0.3, -0.25) is 14.6 Å². The van der Waals surface area contributed by atoms with Crippen molar-refractivity contribution in [2.45, 2.75) is 0 Å². The Hall–Kier alpha value is -2.99. The van der Waals surface area contributed by atoms with Gasteiger partial charge in [0.1, 0.15) is 0 Å². The third-order valence-corrected chi connectivity index (χ3v) is 4.44. The van der Waals surface area contributed by atoms with Gasteiger partial charge >= 0.3 is 0 Å². The van der Waals surface area contributed by atoms with Crippen molar-refractivity contribution in [2.24, 2.45) is 0 Å². The summed E-state index contributed by atoms with van der Waals surface area (Å²) in [7, 11) is 0. The Bertz CT molecular complexity index is 976. The molecule has 126 valence electrons. The van der Waals surface area contributed by atoms with E-state index in [-0.39, 0.29) is 11.3 Å². The minimum Gasteiger partial charge on any atom is -0.313 e. The monoisotopic (exact) mass is 334 g/mol. The first-order valence-corrected chi connectivity index (χ1v) is 8.31. The molecule has 3 heterocycles. The highest BCUT2D eigenvalue weighted by Gasteiger charge is 2.19. The zero-order valence-electron chi connectivity index (χ0n) is 13.7. The highest BCUT2D eigenvalue weighted by molar-refractivity contribution is 6.15. The Morgan fingerprint density at radius 2 is 1.88 bits per heavy atom. The van der Waals surface area contributed by atoms with E-state index < -0.39 is 0 Å². The first kappa shape index (κ1) is 15.5. The van der Waals surface area contributed by atoms with Crippen LogP contribution >= 0.6 is 0 Å². The van der Waals surface area contributed by atoms with Crippen LogP contribution in [0.15, 0.2) is 59.7 Å². The Kier molecular flexibility index (Phi) is 4.03. The van der Waals surface area contributed by atoms with Crippen LogP contribution in [0.2, 0.25) is 0 Å². The van der Waals surface area contributed by atoms with Crippen molar-refractivity contribution < 1.29 is 4.79 Å². The van der Waals surface area contributed by atoms with E-state index in [9.17, 15) is 9.59 Å². The van der Waals surface area contributed by atoms with Crippen molar-refractivity contribution in [3.8, 4) is 0 Å². The van der Waals surface area contributed by atoms with E-state index in [1.54, 1.807) is 23.0 Å². The number of aromatic nitrogens is 2. The summed E-state index contributed by atoms with van der Waals surface area (Å²) in [5.41, 5.74) is 1.46. The third-order valence-electron chi connectivity index (χ3n) is 4.44. The number of carbonyl (C=O) groups is 1. The highest BCUT2D eigenvalue weighted by atomic mass is 16.1. The van der Waals surface area contributed by atoms with Gasteiger partial charge in [0, 0.05) is 61.2 Å². The van der Waals surface area contributed by atoms with Crippen LogP contribution in [0.25, 0.3) is 10.9 Å². The van der Waals surface area contributed by atoms with Crippen LogP contribution in [0.3, 0.4) is 0 Å². The molecule has 0 spiro atoms. The molecule has 1 saturated heterocycles. The summed E-state index contributed by atoms with van der Waals surface area (Å²) in [6, 6.07) is 12.4. The van der Waals surface area contributed by atoms with Gasteiger partial charge in [0.15, 0.2) is 5.78 Å². The number of para-hydroxylation sites is 1. The normalized spacial score (nSPS) is 14.6. The second kappa shape index (κ2) is 6.49. The van der Waals surface area contributed by atoms with Gasteiger partial charge in [0.25, 0.3) is 5.56 Å². The van der Waals surface area contributed by atoms with Gasteiger partial charge in [-0.1, -0.05) is 18.2 Å². The third kappa shape index (κ3) is 2.81. The molecule has 0 bridgehead atoms. The molecular formula is C19H18N4O2. The standard InChI is InChI=1S/C19H18N4O2/c24-18-12-16(19(25)14-4-3-7-21-13-14)15-5-1-2-6-17(15)23(18)22-10-8-20-9-11-22/h1-7,12-13,20H,8-11H2. The summed E-state index contributed by atoms with van der Waals surface area (Å²) in [5.74, 6) is -0.186. The number of carbonyl (C=O) groups excluding carboxylic acids is 1. The van der Waals surface area contributed by atoms with Gasteiger partial charge in [-0.05, 0) is 18.2 Å². The number of nitrogens with zero attached hydrogens (tertiary/aromatic N) is 3. The molecule has 1 aliphatic rings. The maximum absolute atomic E-state index is 12.9. The highest BCUT2D eigenvalue weighted by Crippen LogP contribution is 2.20. The first-order chi connectivity index (χ1) is 12.3. The van der Waals surface area contributed by atoms with E-state index in [2.05, 4.69) is 10.3 Å². The first-order valence-electron chi connectivity index (χ1n) is 8.31. The predicted octanol–water partition coefficient (Wildman–Crippen LogP) is 1.17. The molecule has 0 amide bonds. The van der Waals surface area contributed by atoms with Crippen LogP contribution in [0.1, 0.15) is 15.9 Å². The van der Waals surface area contributed by atoms with Crippen molar-refractivity contribution in [2.75, 3.05) is 31.2 Å². The topological polar surface area (TPSA) is 67.2 Å². The van der Waals surface area contributed by atoms with Crippen LogP contribution < -0.4 is 15.9 Å². The Labute approximate surface area is 144 Å². The molecule has 0 aliphatic carbocycles. The molecule has 25 heavy (non-hydrogen) atoms. The van der Waals surface area contributed by atoms with Crippen LogP contribution in [0.5, 0.6) is 0 Å². The molecule has 2 aromatic heterocycles. The zero-order valence-corrected chi connectivity index (χ0v) is 13.7. The maximum Gasteiger partial charge on any atom is 0.270 e. The number of rotatable bonds is 3. The molecule has 0 atom stereocenters. The van der Waals surface area contributed by atoms with Crippen LogP contribution in [-0.4, -0.2) is 41.6 Å². The van der Waals surface area contributed by atoms with Gasteiger partial charge in [0.05, 0.1) is 5.52 Å². The lowest BCUT2D eigenvalue weighted by Gasteiger charge is -2.32. The molecule has 3 aromatic rings. The second-order valence-corrected chi connectivity index (χ2v) is 6.00. The molecule has 1 aromatic carbocycles. The van der Waals surface area contributed by atoms with E-state index in [0.717, 1.165) is 37.1 Å². The van der Waals surface area contributed by atoms with Gasteiger partial charge < -0.3 is 10.3 Å². The van der Waals surface area contributed by atoms with Gasteiger partial charge in [-0.15, -0.1) is 0 Å². The lowest BCUT2D eigenvalue weighted by molar-refractivity contribution is 0.103. The van der Waals surface area contributed by atoms with Crippen molar-refractivity contribution in [1.82, 2.24) is 15.0 Å². The largest absolute Gasteiger partial charge is 0.313 e. The van der Waals surface area contributed by atoms with E-state index in [0.29, 0.717) is 11.1 Å². The van der Waals surface area contributed by atoms with Crippen LogP contribution in [-0.2, 0) is 0 Å². The Morgan fingerprint density at radius 1 is 1.08 bits per heavy atom. The van der Waals surface area contributed by atoms with Gasteiger partial charge in [-0.25, -0.2) is 4.68 Å². The number of hydrogen-bond donors (Lipinski definition) is 1. The summed E-state index contributed by atoms with van der Waals surface area (Å²) in [6.45, 7) is 3.16. The maximum atomic E-state index is 12.9. The molecule has 1 N–H and O–H groups in total. The number of nitrogens with one attached hydrogen (secondary N) is 1. The fourth-order valence-corrected chi connectivity index (χ4v) is 3.25. The molecule has 1 fully saturated rings. The second-order valence-electron chi connectivity index (χ2n) is 6.00. The fraction of sp³-hybridized carbons (Fsp3) is 0.211. The lowest BCUT2D eigenvalue weighted by atomic mass is 10.0. The van der Waals surface area contributed by atoms with Crippen molar-refractivity contribution >= 4 is 16.7 Å². The number of ketones is 1. The molecular weight excluding hydrogens is 316 g/mol. The number of hydrogen-bond acceptors (Lipinski definition) is 5. The van der Waals surface area contributed by atoms with Gasteiger partial charge in [-0.2, -0.15) is 0 Å². The number of pyridine rings is 2. The zero-order chi connectivity index (χ0) is 17.2. The average molecular weight is 334 g/mol. The number of benzene rings is 1. The Balaban J connectivity index is 1.90. The molecule has 6 nitrogen and oxygen atoms in total. The summed E-state index contributed by atoms with van der Waals surface area (Å²) >= 11 is 0. The van der Waals surface area contributed by atoms with Crippen molar-refractivity contribution in [3.63, 3.8) is 0 Å². The minimum absolute atomic E-state index is 0.186. The van der Waals surface area contributed by atoms with E-state index in [1.165, 1.54) is 12.3 Å². The summed E-state index contributed by atoms with van der Waals surface area (Å²) in [6.07, 6.45) is 3.15. The summed E-state index contributed by atoms with van der Waals surface area (Å²) < 4.78 is 1.69. The van der Waals surface area contributed by atoms with Crippen molar-refractivity contribution in [3.05, 3.63) is 76.3 Å². The molecule has 0 radical (unpaired) electrons. The van der Waals surface area contributed by atoms with Gasteiger partial charge in [0.2, 0.25) is 0 Å². The molecule has 0 saturated carbocycles.